The monoisotopic (exact) mass is 559 g/mol. The summed E-state index contributed by atoms with van der Waals surface area (Å²) < 4.78 is 0. The Morgan fingerprint density at radius 3 is 2.15 bits per heavy atom. The summed E-state index contributed by atoms with van der Waals surface area (Å²) in [5.74, 6) is -0.783. The lowest BCUT2D eigenvalue weighted by molar-refractivity contribution is -0.145. The van der Waals surface area contributed by atoms with Crippen molar-refractivity contribution in [2.75, 3.05) is 51.1 Å². The summed E-state index contributed by atoms with van der Waals surface area (Å²) in [6, 6.07) is 27.1. The highest BCUT2D eigenvalue weighted by atomic mass is 35.5. The number of carbonyl (C=O) groups excluding carboxylic acids is 3. The second-order valence-corrected chi connectivity index (χ2v) is 10.6. The molecule has 2 fully saturated rings. The lowest BCUT2D eigenvalue weighted by Gasteiger charge is -2.41. The fourth-order valence-electron chi connectivity index (χ4n) is 5.52. The van der Waals surface area contributed by atoms with Gasteiger partial charge in [-0.1, -0.05) is 78.3 Å². The minimum atomic E-state index is -0.845. The molecule has 5 rings (SSSR count). The molecular weight excluding hydrogens is 526 g/mol. The van der Waals surface area contributed by atoms with Gasteiger partial charge in [-0.25, -0.2) is 0 Å². The summed E-state index contributed by atoms with van der Waals surface area (Å²) >= 11 is 6.01. The van der Waals surface area contributed by atoms with Crippen LogP contribution in [0.4, 0.5) is 5.69 Å². The summed E-state index contributed by atoms with van der Waals surface area (Å²) in [7, 11) is 0. The van der Waals surface area contributed by atoms with Crippen LogP contribution in [0, 0.1) is 0 Å². The Morgan fingerprint density at radius 2 is 1.52 bits per heavy atom. The van der Waals surface area contributed by atoms with Crippen molar-refractivity contribution in [3.8, 4) is 0 Å². The van der Waals surface area contributed by atoms with E-state index in [1.165, 1.54) is 11.1 Å². The van der Waals surface area contributed by atoms with Crippen LogP contribution in [-0.4, -0.2) is 84.3 Å². The van der Waals surface area contributed by atoms with Gasteiger partial charge < -0.3 is 15.5 Å². The van der Waals surface area contributed by atoms with Crippen LogP contribution >= 0.6 is 11.6 Å². The average Bonchev–Trinajstić information content (AvgIpc) is 2.96. The number of nitrogens with one attached hydrogen (secondary N) is 2. The van der Waals surface area contributed by atoms with E-state index in [9.17, 15) is 14.4 Å². The van der Waals surface area contributed by atoms with Crippen LogP contribution in [0.25, 0.3) is 0 Å². The molecule has 3 aromatic carbocycles. The highest BCUT2D eigenvalue weighted by Crippen LogP contribution is 2.29. The van der Waals surface area contributed by atoms with Crippen LogP contribution in [-0.2, 0) is 14.4 Å². The largest absolute Gasteiger partial charge is 0.353 e. The third-order valence-corrected chi connectivity index (χ3v) is 7.73. The first kappa shape index (κ1) is 27.8. The van der Waals surface area contributed by atoms with E-state index in [1.54, 1.807) is 29.2 Å². The molecule has 3 aromatic rings. The van der Waals surface area contributed by atoms with Gasteiger partial charge in [-0.15, -0.1) is 0 Å². The highest BCUT2D eigenvalue weighted by Gasteiger charge is 2.36. The van der Waals surface area contributed by atoms with Crippen molar-refractivity contribution in [3.63, 3.8) is 0 Å². The zero-order valence-electron chi connectivity index (χ0n) is 22.3. The molecular formula is C31H34ClN5O3. The molecule has 0 radical (unpaired) electrons. The quantitative estimate of drug-likeness (QED) is 0.442. The maximum absolute atomic E-state index is 13.4. The first-order valence-electron chi connectivity index (χ1n) is 13.7. The van der Waals surface area contributed by atoms with Crippen LogP contribution in [0.3, 0.4) is 0 Å². The van der Waals surface area contributed by atoms with Gasteiger partial charge in [0, 0.05) is 50.0 Å². The molecule has 208 valence electrons. The number of piperazine rings is 2. The van der Waals surface area contributed by atoms with Gasteiger partial charge in [-0.2, -0.15) is 0 Å². The first-order valence-corrected chi connectivity index (χ1v) is 14.0. The van der Waals surface area contributed by atoms with Crippen LogP contribution in [0.1, 0.15) is 23.6 Å². The van der Waals surface area contributed by atoms with Gasteiger partial charge in [0.25, 0.3) is 0 Å². The van der Waals surface area contributed by atoms with Gasteiger partial charge in [0.1, 0.15) is 6.04 Å². The fourth-order valence-corrected chi connectivity index (χ4v) is 5.71. The van der Waals surface area contributed by atoms with Crippen molar-refractivity contribution < 1.29 is 14.4 Å². The van der Waals surface area contributed by atoms with Gasteiger partial charge >= 0.3 is 0 Å². The Kier molecular flexibility index (Phi) is 9.11. The average molecular weight is 560 g/mol. The molecule has 0 aliphatic carbocycles. The van der Waals surface area contributed by atoms with Crippen molar-refractivity contribution >= 4 is 35.0 Å². The summed E-state index contributed by atoms with van der Waals surface area (Å²) in [5, 5.41) is 6.07. The fraction of sp³-hybridized carbons (Fsp3) is 0.323. The second-order valence-electron chi connectivity index (χ2n) is 10.2. The van der Waals surface area contributed by atoms with E-state index in [-0.39, 0.29) is 36.7 Å². The number of anilines is 1. The maximum atomic E-state index is 13.4. The van der Waals surface area contributed by atoms with Crippen LogP contribution in [0.15, 0.2) is 84.9 Å². The summed E-state index contributed by atoms with van der Waals surface area (Å²) in [4.78, 5) is 45.0. The number of hydrogen-bond donors (Lipinski definition) is 2. The predicted molar refractivity (Wildman–Crippen MR) is 156 cm³/mol. The summed E-state index contributed by atoms with van der Waals surface area (Å²) in [6.45, 7) is 4.07. The zero-order chi connectivity index (χ0) is 27.9. The van der Waals surface area contributed by atoms with Crippen LogP contribution in [0.2, 0.25) is 5.02 Å². The molecule has 1 atom stereocenters. The molecule has 2 saturated heterocycles. The van der Waals surface area contributed by atoms with Crippen LogP contribution in [0.5, 0.6) is 0 Å². The molecule has 9 heteroatoms. The SMILES string of the molecule is O=C(C[C@H]1C(=O)NCCN1C(=O)CN1CCN(C(c2ccccc2)c2ccccc2)CC1)Nc1cccc(Cl)c1. The smallest absolute Gasteiger partial charge is 0.243 e. The normalized spacial score (nSPS) is 18.4. The Bertz CT molecular complexity index is 1280. The molecule has 0 unspecified atom stereocenters. The molecule has 0 saturated carbocycles. The summed E-state index contributed by atoms with van der Waals surface area (Å²) in [6.07, 6.45) is -0.117. The Morgan fingerprint density at radius 1 is 0.875 bits per heavy atom. The molecule has 0 bridgehead atoms. The van der Waals surface area contributed by atoms with Gasteiger partial charge in [-0.05, 0) is 29.3 Å². The molecule has 2 heterocycles. The first-order chi connectivity index (χ1) is 19.5. The molecule has 3 amide bonds. The standard InChI is InChI=1S/C31H34ClN5O3/c32-25-12-7-13-26(20-25)34-28(38)21-27-31(40)33-14-15-37(27)29(39)22-35-16-18-36(19-17-35)30(23-8-3-1-4-9-23)24-10-5-2-6-11-24/h1-13,20,27,30H,14-19,21-22H2,(H,33,40)(H,34,38)/t27-/m0/s1. The van der Waals surface area contributed by atoms with E-state index in [0.29, 0.717) is 23.8 Å². The van der Waals surface area contributed by atoms with Crippen molar-refractivity contribution in [3.05, 3.63) is 101 Å². The molecule has 0 spiro atoms. The number of halogens is 1. The Balaban J connectivity index is 1.19. The minimum Gasteiger partial charge on any atom is -0.353 e. The van der Waals surface area contributed by atoms with Crippen LogP contribution < -0.4 is 10.6 Å². The molecule has 0 aromatic heterocycles. The number of amides is 3. The number of nitrogens with zero attached hydrogens (tertiary/aromatic N) is 3. The van der Waals surface area contributed by atoms with E-state index in [1.807, 2.05) is 12.1 Å². The molecule has 8 nitrogen and oxygen atoms in total. The summed E-state index contributed by atoms with van der Waals surface area (Å²) in [5.41, 5.74) is 3.04. The van der Waals surface area contributed by atoms with Gasteiger partial charge in [-0.3, -0.25) is 24.2 Å². The lowest BCUT2D eigenvalue weighted by Crippen LogP contribution is -2.60. The molecule has 2 aliphatic rings. The topological polar surface area (TPSA) is 85.0 Å². The van der Waals surface area contributed by atoms with E-state index in [4.69, 9.17) is 11.6 Å². The van der Waals surface area contributed by atoms with E-state index >= 15 is 0 Å². The zero-order valence-corrected chi connectivity index (χ0v) is 23.1. The number of benzene rings is 3. The minimum absolute atomic E-state index is 0.117. The number of rotatable bonds is 8. The van der Waals surface area contributed by atoms with Gasteiger partial charge in [0.15, 0.2) is 0 Å². The van der Waals surface area contributed by atoms with Crippen molar-refractivity contribution in [2.24, 2.45) is 0 Å². The maximum Gasteiger partial charge on any atom is 0.243 e. The Labute approximate surface area is 239 Å². The van der Waals surface area contributed by atoms with Crippen molar-refractivity contribution in [2.45, 2.75) is 18.5 Å². The van der Waals surface area contributed by atoms with Gasteiger partial charge in [0.05, 0.1) is 19.0 Å². The highest BCUT2D eigenvalue weighted by molar-refractivity contribution is 6.30. The third-order valence-electron chi connectivity index (χ3n) is 7.50. The number of carbonyl (C=O) groups is 3. The molecule has 2 aliphatic heterocycles. The Hall–Kier alpha value is -3.72. The van der Waals surface area contributed by atoms with Gasteiger partial charge in [0.2, 0.25) is 17.7 Å². The van der Waals surface area contributed by atoms with Crippen molar-refractivity contribution in [1.29, 1.82) is 0 Å². The predicted octanol–water partition coefficient (Wildman–Crippen LogP) is 3.40. The molecule has 40 heavy (non-hydrogen) atoms. The van der Waals surface area contributed by atoms with E-state index in [0.717, 1.165) is 26.2 Å². The third kappa shape index (κ3) is 6.88. The van der Waals surface area contributed by atoms with Crippen molar-refractivity contribution in [1.82, 2.24) is 20.0 Å². The second kappa shape index (κ2) is 13.1. The van der Waals surface area contributed by atoms with E-state index < -0.39 is 6.04 Å². The van der Waals surface area contributed by atoms with E-state index in [2.05, 4.69) is 69.0 Å². The molecule has 2 N–H and O–H groups in total. The lowest BCUT2D eigenvalue weighted by atomic mass is 9.96. The number of hydrogen-bond acceptors (Lipinski definition) is 5.